The van der Waals surface area contributed by atoms with Crippen LogP contribution in [0.15, 0.2) is 6.07 Å². The highest BCUT2D eigenvalue weighted by Crippen LogP contribution is 2.29. The molecule has 6 nitrogen and oxygen atoms in total. The number of likely N-dealkylation sites (N-methyl/N-ethyl adjacent to an activating group) is 1. The topological polar surface area (TPSA) is 67.9 Å². The monoisotopic (exact) mass is 364 g/mol. The molecule has 1 aliphatic heterocycles. The lowest BCUT2D eigenvalue weighted by Gasteiger charge is -2.20. The lowest BCUT2D eigenvalue weighted by molar-refractivity contribution is -0.129. The minimum atomic E-state index is -0.547. The number of rotatable bonds is 3. The number of hydrogen-bond donors (Lipinski definition) is 1. The molecular weight excluding hydrogens is 340 g/mol. The van der Waals surface area contributed by atoms with Crippen molar-refractivity contribution in [1.29, 1.82) is 0 Å². The average Bonchev–Trinajstić information content (AvgIpc) is 2.89. The minimum absolute atomic E-state index is 0.0677. The Morgan fingerprint density at radius 2 is 2.20 bits per heavy atom. The standard InChI is InChI=1S/C18H24N2O4S/c1-18(2,3)7-6-12-10-13(15(25-12)17(22)23-5)19-14-11-24-9-8-20(4)16(14)21/h10,14,19H,8-9,11H2,1-5H3/t14-/m0/s1. The lowest BCUT2D eigenvalue weighted by Crippen LogP contribution is -2.41. The Morgan fingerprint density at radius 1 is 1.48 bits per heavy atom. The van der Waals surface area contributed by atoms with Crippen LogP contribution in [0.4, 0.5) is 5.69 Å². The van der Waals surface area contributed by atoms with Crippen LogP contribution in [0, 0.1) is 17.3 Å². The van der Waals surface area contributed by atoms with Gasteiger partial charge in [-0.25, -0.2) is 4.79 Å². The molecule has 7 heteroatoms. The van der Waals surface area contributed by atoms with E-state index in [-0.39, 0.29) is 17.9 Å². The molecule has 0 radical (unpaired) electrons. The molecule has 1 saturated heterocycles. The quantitative estimate of drug-likeness (QED) is 0.658. The van der Waals surface area contributed by atoms with Crippen LogP contribution < -0.4 is 5.32 Å². The lowest BCUT2D eigenvalue weighted by atomic mass is 9.98. The van der Waals surface area contributed by atoms with Crippen LogP contribution in [0.2, 0.25) is 0 Å². The van der Waals surface area contributed by atoms with Crippen molar-refractivity contribution in [3.63, 3.8) is 0 Å². The number of methoxy groups -OCH3 is 1. The summed E-state index contributed by atoms with van der Waals surface area (Å²) in [6.07, 6.45) is 0. The Kier molecular flexibility index (Phi) is 6.09. The second-order valence-corrected chi connectivity index (χ2v) is 7.93. The third-order valence-corrected chi connectivity index (χ3v) is 4.55. The van der Waals surface area contributed by atoms with Gasteiger partial charge in [0, 0.05) is 19.0 Å². The third-order valence-electron chi connectivity index (χ3n) is 3.52. The molecule has 25 heavy (non-hydrogen) atoms. The molecule has 1 aromatic heterocycles. The number of amides is 1. The average molecular weight is 364 g/mol. The Bertz CT molecular complexity index is 709. The highest BCUT2D eigenvalue weighted by Gasteiger charge is 2.27. The van der Waals surface area contributed by atoms with E-state index in [9.17, 15) is 9.59 Å². The maximum atomic E-state index is 12.4. The molecule has 1 N–H and O–H groups in total. The summed E-state index contributed by atoms with van der Waals surface area (Å²) in [6.45, 7) is 7.35. The largest absolute Gasteiger partial charge is 0.465 e. The Hall–Kier alpha value is -2.04. The molecule has 1 fully saturated rings. The summed E-state index contributed by atoms with van der Waals surface area (Å²) in [6, 6.07) is 1.24. The van der Waals surface area contributed by atoms with Gasteiger partial charge in [-0.3, -0.25) is 4.79 Å². The fourth-order valence-corrected chi connectivity index (χ4v) is 3.09. The van der Waals surface area contributed by atoms with Gasteiger partial charge < -0.3 is 19.7 Å². The van der Waals surface area contributed by atoms with Crippen molar-refractivity contribution in [2.75, 3.05) is 39.2 Å². The fraction of sp³-hybridized carbons (Fsp3) is 0.556. The predicted molar refractivity (Wildman–Crippen MR) is 97.9 cm³/mol. The first-order chi connectivity index (χ1) is 11.7. The predicted octanol–water partition coefficient (Wildman–Crippen LogP) is 2.20. The smallest absolute Gasteiger partial charge is 0.350 e. The summed E-state index contributed by atoms with van der Waals surface area (Å²) in [7, 11) is 3.07. The summed E-state index contributed by atoms with van der Waals surface area (Å²) in [5.74, 6) is 5.71. The maximum absolute atomic E-state index is 12.4. The zero-order valence-electron chi connectivity index (χ0n) is 15.3. The third kappa shape index (κ3) is 5.21. The van der Waals surface area contributed by atoms with Crippen LogP contribution in [0.5, 0.6) is 0 Å². The number of carbonyl (C=O) groups is 2. The van der Waals surface area contributed by atoms with E-state index >= 15 is 0 Å². The van der Waals surface area contributed by atoms with Gasteiger partial charge >= 0.3 is 5.97 Å². The number of ether oxygens (including phenoxy) is 2. The van der Waals surface area contributed by atoms with Crippen LogP contribution >= 0.6 is 11.3 Å². The van der Waals surface area contributed by atoms with E-state index < -0.39 is 12.0 Å². The molecule has 1 aromatic rings. The summed E-state index contributed by atoms with van der Waals surface area (Å²) in [4.78, 5) is 27.3. The van der Waals surface area contributed by atoms with E-state index in [0.717, 1.165) is 4.88 Å². The first-order valence-corrected chi connectivity index (χ1v) is 8.87. The number of nitrogens with zero attached hydrogens (tertiary/aromatic N) is 1. The molecular formula is C18H24N2O4S. The normalized spacial score (nSPS) is 18.2. The number of thiophene rings is 1. The molecule has 2 heterocycles. The Morgan fingerprint density at radius 3 is 2.84 bits per heavy atom. The van der Waals surface area contributed by atoms with E-state index in [4.69, 9.17) is 9.47 Å². The number of hydrogen-bond acceptors (Lipinski definition) is 6. The van der Waals surface area contributed by atoms with Crippen LogP contribution in [-0.4, -0.2) is 56.7 Å². The second kappa shape index (κ2) is 7.89. The summed E-state index contributed by atoms with van der Waals surface area (Å²) in [5, 5.41) is 3.13. The van der Waals surface area contributed by atoms with E-state index in [1.807, 2.05) is 20.8 Å². The van der Waals surface area contributed by atoms with Gasteiger partial charge in [-0.2, -0.15) is 0 Å². The zero-order valence-corrected chi connectivity index (χ0v) is 16.1. The molecule has 0 saturated carbocycles. The molecule has 1 aliphatic rings. The Labute approximate surface area is 152 Å². The van der Waals surface area contributed by atoms with Crippen LogP contribution in [-0.2, 0) is 14.3 Å². The van der Waals surface area contributed by atoms with Crippen LogP contribution in [0.3, 0.4) is 0 Å². The number of anilines is 1. The molecule has 1 amide bonds. The summed E-state index contributed by atoms with van der Waals surface area (Å²) < 4.78 is 10.3. The van der Waals surface area contributed by atoms with E-state index in [1.54, 1.807) is 18.0 Å². The van der Waals surface area contributed by atoms with Gasteiger partial charge in [-0.1, -0.05) is 11.8 Å². The zero-order chi connectivity index (χ0) is 18.6. The van der Waals surface area contributed by atoms with E-state index in [0.29, 0.717) is 23.7 Å². The molecule has 0 unspecified atom stereocenters. The van der Waals surface area contributed by atoms with Crippen molar-refractivity contribution in [1.82, 2.24) is 4.90 Å². The molecule has 2 rings (SSSR count). The maximum Gasteiger partial charge on any atom is 0.350 e. The fourth-order valence-electron chi connectivity index (χ4n) is 2.19. The number of esters is 1. The van der Waals surface area contributed by atoms with Gasteiger partial charge in [-0.05, 0) is 26.8 Å². The first kappa shape index (κ1) is 19.3. The van der Waals surface area contributed by atoms with E-state index in [2.05, 4.69) is 17.2 Å². The number of carbonyl (C=O) groups excluding carboxylic acids is 2. The van der Waals surface area contributed by atoms with Crippen molar-refractivity contribution in [2.24, 2.45) is 5.41 Å². The molecule has 0 spiro atoms. The molecule has 0 aromatic carbocycles. The molecule has 0 bridgehead atoms. The van der Waals surface area contributed by atoms with Gasteiger partial charge in [0.1, 0.15) is 10.9 Å². The SMILES string of the molecule is COC(=O)c1sc(C#CC(C)(C)C)cc1N[C@H]1COCCN(C)C1=O. The summed E-state index contributed by atoms with van der Waals surface area (Å²) >= 11 is 1.25. The van der Waals surface area contributed by atoms with Crippen molar-refractivity contribution in [3.8, 4) is 11.8 Å². The Balaban J connectivity index is 2.31. The second-order valence-electron chi connectivity index (χ2n) is 6.88. The molecule has 1 atom stereocenters. The van der Waals surface area contributed by atoms with Gasteiger partial charge in [0.05, 0.1) is 30.9 Å². The summed E-state index contributed by atoms with van der Waals surface area (Å²) in [5.41, 5.74) is 0.406. The number of nitrogens with one attached hydrogen (secondary N) is 1. The first-order valence-electron chi connectivity index (χ1n) is 8.06. The van der Waals surface area contributed by atoms with Crippen LogP contribution in [0.1, 0.15) is 35.3 Å². The van der Waals surface area contributed by atoms with E-state index in [1.165, 1.54) is 18.4 Å². The van der Waals surface area contributed by atoms with Crippen LogP contribution in [0.25, 0.3) is 0 Å². The van der Waals surface area contributed by atoms with Gasteiger partial charge in [0.25, 0.3) is 0 Å². The minimum Gasteiger partial charge on any atom is -0.465 e. The highest BCUT2D eigenvalue weighted by molar-refractivity contribution is 7.15. The van der Waals surface area contributed by atoms with Gasteiger partial charge in [0.15, 0.2) is 0 Å². The molecule has 0 aliphatic carbocycles. The van der Waals surface area contributed by atoms with Crippen molar-refractivity contribution in [3.05, 3.63) is 15.8 Å². The van der Waals surface area contributed by atoms with Gasteiger partial charge in [-0.15, -0.1) is 11.3 Å². The highest BCUT2D eigenvalue weighted by atomic mass is 32.1. The van der Waals surface area contributed by atoms with Crippen molar-refractivity contribution < 1.29 is 19.1 Å². The van der Waals surface area contributed by atoms with Crippen molar-refractivity contribution in [2.45, 2.75) is 26.8 Å². The van der Waals surface area contributed by atoms with Gasteiger partial charge in [0.2, 0.25) is 5.91 Å². The molecule has 136 valence electrons. The van der Waals surface area contributed by atoms with Crippen molar-refractivity contribution >= 4 is 28.9 Å².